The number of rotatable bonds is 4. The number of ketones is 1. The van der Waals surface area contributed by atoms with Gasteiger partial charge in [0.2, 0.25) is 0 Å². The monoisotopic (exact) mass is 437 g/mol. The van der Waals surface area contributed by atoms with Gasteiger partial charge < -0.3 is 15.2 Å². The summed E-state index contributed by atoms with van der Waals surface area (Å²) in [5.74, 6) is -1.83. The molecule has 1 aliphatic heterocycles. The highest BCUT2D eigenvalue weighted by atomic mass is 19.1. The van der Waals surface area contributed by atoms with Crippen molar-refractivity contribution in [3.05, 3.63) is 76.3 Å². The van der Waals surface area contributed by atoms with E-state index in [1.165, 1.54) is 25.2 Å². The van der Waals surface area contributed by atoms with Crippen molar-refractivity contribution in [3.63, 3.8) is 0 Å². The minimum atomic E-state index is -0.834. The van der Waals surface area contributed by atoms with E-state index in [1.807, 2.05) is 0 Å². The van der Waals surface area contributed by atoms with Gasteiger partial charge in [0.05, 0.1) is 31.8 Å². The standard InChI is InChI=1S/C24H21F2N3O3/c1-31-19-10-9-13(11-20(19)32-2)21-14(12-27)24(28)29(17-7-4-8-18(30)22(17)21)23-15(25)5-3-6-16(23)26/h3,5-6,9-11,21H,4,7-8,28H2,1-2H3/t21-/m1/s1. The Morgan fingerprint density at radius 1 is 1.09 bits per heavy atom. The largest absolute Gasteiger partial charge is 0.493 e. The first-order chi connectivity index (χ1) is 15.4. The van der Waals surface area contributed by atoms with Gasteiger partial charge >= 0.3 is 0 Å². The third-order valence-electron chi connectivity index (χ3n) is 5.82. The Labute approximate surface area is 184 Å². The second-order valence-corrected chi connectivity index (χ2v) is 7.50. The Bertz CT molecular complexity index is 1190. The van der Waals surface area contributed by atoms with Crippen molar-refractivity contribution in [3.8, 4) is 17.6 Å². The zero-order valence-corrected chi connectivity index (χ0v) is 17.6. The van der Waals surface area contributed by atoms with Gasteiger partial charge in [-0.2, -0.15) is 5.26 Å². The Morgan fingerprint density at radius 2 is 1.78 bits per heavy atom. The number of para-hydroxylation sites is 1. The van der Waals surface area contributed by atoms with E-state index in [4.69, 9.17) is 15.2 Å². The molecular weight excluding hydrogens is 416 g/mol. The molecule has 0 saturated heterocycles. The minimum absolute atomic E-state index is 0.0360. The average molecular weight is 437 g/mol. The lowest BCUT2D eigenvalue weighted by molar-refractivity contribution is -0.116. The van der Waals surface area contributed by atoms with Crippen LogP contribution in [0.4, 0.5) is 14.5 Å². The minimum Gasteiger partial charge on any atom is -0.493 e. The van der Waals surface area contributed by atoms with Crippen LogP contribution in [0.25, 0.3) is 0 Å². The summed E-state index contributed by atoms with van der Waals surface area (Å²) < 4.78 is 40.1. The number of hydrogen-bond donors (Lipinski definition) is 1. The summed E-state index contributed by atoms with van der Waals surface area (Å²) in [5, 5.41) is 10.0. The van der Waals surface area contributed by atoms with Crippen molar-refractivity contribution in [2.75, 3.05) is 19.1 Å². The molecule has 0 fully saturated rings. The number of nitrogens with zero attached hydrogens (tertiary/aromatic N) is 2. The van der Waals surface area contributed by atoms with Gasteiger partial charge in [0.1, 0.15) is 23.1 Å². The Kier molecular flexibility index (Phi) is 5.57. The van der Waals surface area contributed by atoms with E-state index in [0.717, 1.165) is 12.1 Å². The van der Waals surface area contributed by atoms with E-state index in [1.54, 1.807) is 18.2 Å². The lowest BCUT2D eigenvalue weighted by Crippen LogP contribution is -2.39. The third kappa shape index (κ3) is 3.26. The highest BCUT2D eigenvalue weighted by Gasteiger charge is 2.41. The van der Waals surface area contributed by atoms with E-state index in [-0.39, 0.29) is 23.6 Å². The molecule has 164 valence electrons. The first kappa shape index (κ1) is 21.4. The molecule has 0 saturated carbocycles. The molecule has 1 aliphatic carbocycles. The predicted octanol–water partition coefficient (Wildman–Crippen LogP) is 4.29. The van der Waals surface area contributed by atoms with E-state index < -0.39 is 23.2 Å². The number of halogens is 2. The molecular formula is C24H21F2N3O3. The van der Waals surface area contributed by atoms with Gasteiger partial charge in [-0.15, -0.1) is 0 Å². The van der Waals surface area contributed by atoms with Crippen LogP contribution < -0.4 is 20.1 Å². The highest BCUT2D eigenvalue weighted by molar-refractivity contribution is 6.01. The molecule has 1 heterocycles. The summed E-state index contributed by atoms with van der Waals surface area (Å²) in [7, 11) is 2.99. The van der Waals surface area contributed by atoms with E-state index >= 15 is 0 Å². The van der Waals surface area contributed by atoms with Crippen LogP contribution in [0.3, 0.4) is 0 Å². The smallest absolute Gasteiger partial charge is 0.161 e. The molecule has 0 aromatic heterocycles. The number of benzene rings is 2. The van der Waals surface area contributed by atoms with Crippen LogP contribution in [0, 0.1) is 23.0 Å². The van der Waals surface area contributed by atoms with Crippen LogP contribution in [-0.2, 0) is 4.79 Å². The molecule has 6 nitrogen and oxygen atoms in total. The zero-order valence-electron chi connectivity index (χ0n) is 17.6. The Balaban J connectivity index is 2.00. The Morgan fingerprint density at radius 3 is 2.41 bits per heavy atom. The summed E-state index contributed by atoms with van der Waals surface area (Å²) in [6.45, 7) is 0. The molecule has 0 amide bonds. The zero-order chi connectivity index (χ0) is 23.0. The molecule has 2 aromatic carbocycles. The van der Waals surface area contributed by atoms with Gasteiger partial charge in [-0.25, -0.2) is 8.78 Å². The lowest BCUT2D eigenvalue weighted by atomic mass is 9.75. The van der Waals surface area contributed by atoms with Crippen LogP contribution >= 0.6 is 0 Å². The highest BCUT2D eigenvalue weighted by Crippen LogP contribution is 2.48. The van der Waals surface area contributed by atoms with Crippen LogP contribution in [0.5, 0.6) is 11.5 Å². The topological polar surface area (TPSA) is 88.6 Å². The number of anilines is 1. The van der Waals surface area contributed by atoms with Crippen molar-refractivity contribution in [2.24, 2.45) is 5.73 Å². The summed E-state index contributed by atoms with van der Waals surface area (Å²) in [4.78, 5) is 14.3. The van der Waals surface area contributed by atoms with Gasteiger partial charge in [-0.1, -0.05) is 12.1 Å². The van der Waals surface area contributed by atoms with E-state index in [0.29, 0.717) is 41.2 Å². The van der Waals surface area contributed by atoms with Crippen molar-refractivity contribution in [2.45, 2.75) is 25.2 Å². The molecule has 2 N–H and O–H groups in total. The predicted molar refractivity (Wildman–Crippen MR) is 114 cm³/mol. The van der Waals surface area contributed by atoms with Gasteiger partial charge in [-0.05, 0) is 42.7 Å². The summed E-state index contributed by atoms with van der Waals surface area (Å²) >= 11 is 0. The number of ether oxygens (including phenoxy) is 2. The van der Waals surface area contributed by atoms with Crippen molar-refractivity contribution >= 4 is 11.5 Å². The average Bonchev–Trinajstić information content (AvgIpc) is 2.79. The van der Waals surface area contributed by atoms with Crippen molar-refractivity contribution in [1.29, 1.82) is 5.26 Å². The first-order valence-corrected chi connectivity index (χ1v) is 10.0. The molecule has 0 bridgehead atoms. The second kappa shape index (κ2) is 8.35. The molecule has 1 atom stereocenters. The summed E-state index contributed by atoms with van der Waals surface area (Å²) in [5.41, 5.74) is 7.31. The molecule has 8 heteroatoms. The third-order valence-corrected chi connectivity index (χ3v) is 5.82. The van der Waals surface area contributed by atoms with Crippen LogP contribution in [-0.4, -0.2) is 20.0 Å². The molecule has 2 aliphatic rings. The van der Waals surface area contributed by atoms with Crippen molar-refractivity contribution < 1.29 is 23.0 Å². The molecule has 4 rings (SSSR count). The van der Waals surface area contributed by atoms with Crippen LogP contribution in [0.1, 0.15) is 30.7 Å². The van der Waals surface area contributed by atoms with Gasteiger partial charge in [-0.3, -0.25) is 9.69 Å². The number of nitrogens with two attached hydrogens (primary N) is 1. The maximum Gasteiger partial charge on any atom is 0.161 e. The molecule has 0 unspecified atom stereocenters. The maximum atomic E-state index is 14.7. The number of nitriles is 1. The van der Waals surface area contributed by atoms with Crippen LogP contribution in [0.2, 0.25) is 0 Å². The quantitative estimate of drug-likeness (QED) is 0.768. The fourth-order valence-corrected chi connectivity index (χ4v) is 4.41. The number of Topliss-reactive ketones (excluding diaryl/α,β-unsaturated/α-hetero) is 1. The fraction of sp³-hybridized carbons (Fsp3) is 0.250. The number of carbonyl (C=O) groups is 1. The van der Waals surface area contributed by atoms with E-state index in [9.17, 15) is 18.8 Å². The Hall–Kier alpha value is -3.86. The molecule has 2 aromatic rings. The van der Waals surface area contributed by atoms with Gasteiger partial charge in [0.15, 0.2) is 17.3 Å². The normalized spacial score (nSPS) is 18.4. The second-order valence-electron chi connectivity index (χ2n) is 7.50. The number of methoxy groups -OCH3 is 2. The fourth-order valence-electron chi connectivity index (χ4n) is 4.41. The number of hydrogen-bond acceptors (Lipinski definition) is 6. The lowest BCUT2D eigenvalue weighted by Gasteiger charge is -2.39. The molecule has 0 radical (unpaired) electrons. The first-order valence-electron chi connectivity index (χ1n) is 10.0. The summed E-state index contributed by atoms with van der Waals surface area (Å²) in [6, 6.07) is 10.6. The summed E-state index contributed by atoms with van der Waals surface area (Å²) in [6.07, 6.45) is 1.17. The van der Waals surface area contributed by atoms with Gasteiger partial charge in [0, 0.05) is 17.7 Å². The molecule has 32 heavy (non-hydrogen) atoms. The van der Waals surface area contributed by atoms with Gasteiger partial charge in [0.25, 0.3) is 0 Å². The van der Waals surface area contributed by atoms with Crippen LogP contribution in [0.15, 0.2) is 59.1 Å². The SMILES string of the molecule is COc1ccc([C@@H]2C(C#N)=C(N)N(c3c(F)cccc3F)C3=C2C(=O)CCC3)cc1OC. The van der Waals surface area contributed by atoms with E-state index in [2.05, 4.69) is 6.07 Å². The maximum absolute atomic E-state index is 14.7. The van der Waals surface area contributed by atoms with Crippen molar-refractivity contribution in [1.82, 2.24) is 0 Å². The number of allylic oxidation sites excluding steroid dienone is 3. The molecule has 0 spiro atoms. The number of carbonyl (C=O) groups excluding carboxylic acids is 1.